The number of halogens is 1. The van der Waals surface area contributed by atoms with Crippen LogP contribution in [0.4, 0.5) is 4.39 Å². The van der Waals surface area contributed by atoms with Gasteiger partial charge in [-0.2, -0.15) is 0 Å². The molecule has 0 spiro atoms. The Morgan fingerprint density at radius 2 is 2.50 bits per heavy atom. The molecule has 1 fully saturated rings. The summed E-state index contributed by atoms with van der Waals surface area (Å²) in [4.78, 5) is 0. The van der Waals surface area contributed by atoms with E-state index in [2.05, 4.69) is 0 Å². The van der Waals surface area contributed by atoms with E-state index in [0.717, 1.165) is 0 Å². The van der Waals surface area contributed by atoms with Crippen LogP contribution in [0.3, 0.4) is 0 Å². The van der Waals surface area contributed by atoms with Gasteiger partial charge < -0.3 is 5.73 Å². The van der Waals surface area contributed by atoms with Crippen molar-refractivity contribution in [3.63, 3.8) is 0 Å². The molecule has 48 valence electrons. The zero-order valence-electron chi connectivity index (χ0n) is 14.0. The second kappa shape index (κ2) is 2.44. The molecule has 2 unspecified atom stereocenters. The number of hydrogen-bond acceptors (Lipinski definition) is 1. The van der Waals surface area contributed by atoms with E-state index < -0.39 is 37.7 Å². The Labute approximate surface area is 63.1 Å². The summed E-state index contributed by atoms with van der Waals surface area (Å²) in [6.45, 7) is 0. The van der Waals surface area contributed by atoms with Crippen LogP contribution < -0.4 is 5.73 Å². The summed E-state index contributed by atoms with van der Waals surface area (Å²) in [5, 5.41) is 0. The zero-order valence-corrected chi connectivity index (χ0v) is 3.96. The molecule has 1 rings (SSSR count). The van der Waals surface area contributed by atoms with E-state index in [1.165, 1.54) is 0 Å². The molecule has 0 aromatic carbocycles. The largest absolute Gasteiger partial charge is 0.328 e. The maximum absolute atomic E-state index is 14.1. The molecule has 1 aliphatic carbocycles. The summed E-state index contributed by atoms with van der Waals surface area (Å²) in [6.07, 6.45) is -19.0. The average molecular weight is 127 g/mol. The highest BCUT2D eigenvalue weighted by molar-refractivity contribution is 4.73. The molecule has 0 aromatic rings. The van der Waals surface area contributed by atoms with Crippen molar-refractivity contribution in [2.45, 2.75) is 37.7 Å². The maximum Gasteiger partial charge on any atom is 0.102 e. The monoisotopic (exact) mass is 127 g/mol. The first-order valence-electron chi connectivity index (χ1n) is 6.98. The molecule has 2 N–H and O–H groups in total. The van der Waals surface area contributed by atoms with Gasteiger partial charge in [0, 0.05) is 18.4 Å². The normalized spacial score (nSPS) is 102. The fourth-order valence-electron chi connectivity index (χ4n) is 0.334. The van der Waals surface area contributed by atoms with Crippen LogP contribution in [-0.4, -0.2) is 12.2 Å². The van der Waals surface area contributed by atoms with Crippen molar-refractivity contribution in [1.82, 2.24) is 0 Å². The Bertz CT molecular complexity index is 258. The van der Waals surface area contributed by atoms with Crippen molar-refractivity contribution in [3.8, 4) is 0 Å². The molecule has 0 bridgehead atoms. The van der Waals surface area contributed by atoms with Crippen LogP contribution in [0.2, 0.25) is 0 Å². The SMILES string of the molecule is [2H]C1([2H])C([2H])([2H])C([2H])(N)C([2H])([2H])C([2H])(F)C1([2H])[2H]. The van der Waals surface area contributed by atoms with Crippen LogP contribution >= 0.6 is 0 Å². The third kappa shape index (κ3) is 1.44. The topological polar surface area (TPSA) is 26.0 Å². The van der Waals surface area contributed by atoms with Crippen molar-refractivity contribution in [3.05, 3.63) is 0 Å². The Hall–Kier alpha value is -0.110. The molecule has 0 saturated heterocycles. The highest BCUT2D eigenvalue weighted by Gasteiger charge is 2.17. The zero-order chi connectivity index (χ0) is 15.0. The summed E-state index contributed by atoms with van der Waals surface area (Å²) in [5.74, 6) is 0. The number of hydrogen-bond donors (Lipinski definition) is 1. The molecule has 1 nitrogen and oxygen atoms in total. The van der Waals surface area contributed by atoms with E-state index in [-0.39, 0.29) is 0 Å². The second-order valence-corrected chi connectivity index (χ2v) is 1.23. The Morgan fingerprint density at radius 1 is 1.75 bits per heavy atom. The van der Waals surface area contributed by atoms with Crippen molar-refractivity contribution in [2.75, 3.05) is 0 Å². The summed E-state index contributed by atoms with van der Waals surface area (Å²) >= 11 is 0. The lowest BCUT2D eigenvalue weighted by atomic mass is 9.95. The van der Waals surface area contributed by atoms with E-state index in [1.54, 1.807) is 0 Å². The van der Waals surface area contributed by atoms with E-state index >= 15 is 0 Å². The van der Waals surface area contributed by atoms with E-state index in [4.69, 9.17) is 19.4 Å². The summed E-state index contributed by atoms with van der Waals surface area (Å²) in [6, 6.07) is -3.47. The lowest BCUT2D eigenvalue weighted by molar-refractivity contribution is 0.232. The molecule has 2 heteroatoms. The van der Waals surface area contributed by atoms with Crippen molar-refractivity contribution >= 4 is 0 Å². The fourth-order valence-corrected chi connectivity index (χ4v) is 0.334. The van der Waals surface area contributed by atoms with Gasteiger partial charge in [0.1, 0.15) is 6.15 Å². The number of alkyl halides is 1. The molecule has 1 saturated carbocycles. The Kier molecular flexibility index (Phi) is 0.357. The van der Waals surface area contributed by atoms with Gasteiger partial charge in [-0.25, -0.2) is 4.39 Å². The Morgan fingerprint density at radius 3 is 3.25 bits per heavy atom. The average Bonchev–Trinajstić information content (AvgIpc) is 2.14. The molecule has 0 amide bonds. The maximum atomic E-state index is 14.1. The second-order valence-electron chi connectivity index (χ2n) is 1.23. The van der Waals surface area contributed by atoms with E-state index in [1.807, 2.05) is 0 Å². The van der Waals surface area contributed by atoms with Crippen molar-refractivity contribution in [2.24, 2.45) is 5.73 Å². The van der Waals surface area contributed by atoms with Crippen LogP contribution in [0.1, 0.15) is 39.2 Å². The van der Waals surface area contributed by atoms with Gasteiger partial charge >= 0.3 is 0 Å². The van der Waals surface area contributed by atoms with E-state index in [0.29, 0.717) is 0 Å². The third-order valence-electron chi connectivity index (χ3n) is 0.614. The molecule has 1 aliphatic rings. The fraction of sp³-hybridized carbons (Fsp3) is 1.00. The number of nitrogens with two attached hydrogens (primary N) is 1. The molecule has 0 aliphatic heterocycles. The van der Waals surface area contributed by atoms with Crippen molar-refractivity contribution in [1.29, 1.82) is 0 Å². The molecule has 8 heavy (non-hydrogen) atoms. The Balaban J connectivity index is 3.72. The lowest BCUT2D eigenvalue weighted by Crippen LogP contribution is -2.28. The van der Waals surface area contributed by atoms with E-state index in [9.17, 15) is 4.39 Å². The van der Waals surface area contributed by atoms with Crippen LogP contribution in [0, 0.1) is 0 Å². The standard InChI is InChI=1S/C6H12FN/c7-5-2-1-3-6(8)4-5/h5-6H,1-4,8H2/i1D2,2D2,3D2,4D2,5D,6D. The molecule has 0 radical (unpaired) electrons. The molecular formula is C6H12FN. The first kappa shape index (κ1) is 1.17. The molecule has 2 atom stereocenters. The van der Waals surface area contributed by atoms with Gasteiger partial charge in [-0.15, -0.1) is 0 Å². The summed E-state index contributed by atoms with van der Waals surface area (Å²) < 4.78 is 86.9. The van der Waals surface area contributed by atoms with Gasteiger partial charge in [0.15, 0.2) is 0 Å². The minimum absolute atomic E-state index is 3.47. The van der Waals surface area contributed by atoms with Crippen LogP contribution in [0.5, 0.6) is 0 Å². The van der Waals surface area contributed by atoms with Gasteiger partial charge in [0.2, 0.25) is 0 Å². The first-order chi connectivity index (χ1) is 7.50. The van der Waals surface area contributed by atoms with Crippen LogP contribution in [-0.2, 0) is 0 Å². The summed E-state index contributed by atoms with van der Waals surface area (Å²) in [7, 11) is 0. The molecular weight excluding hydrogens is 105 g/mol. The van der Waals surface area contributed by atoms with Gasteiger partial charge in [-0.05, 0) is 25.5 Å². The predicted octanol–water partition coefficient (Wildman–Crippen LogP) is 1.23. The molecule has 0 heterocycles. The predicted molar refractivity (Wildman–Crippen MR) is 31.3 cm³/mol. The number of rotatable bonds is 0. The first-order valence-corrected chi connectivity index (χ1v) is 1.98. The molecule has 0 aromatic heterocycles. The van der Waals surface area contributed by atoms with Gasteiger partial charge in [-0.3, -0.25) is 0 Å². The lowest BCUT2D eigenvalue weighted by Gasteiger charge is -2.19. The van der Waals surface area contributed by atoms with Crippen LogP contribution in [0.25, 0.3) is 0 Å². The third-order valence-corrected chi connectivity index (χ3v) is 0.614. The highest BCUT2D eigenvalue weighted by Crippen LogP contribution is 2.18. The van der Waals surface area contributed by atoms with Gasteiger partial charge in [-0.1, -0.05) is 0 Å². The highest BCUT2D eigenvalue weighted by atomic mass is 19.1. The minimum Gasteiger partial charge on any atom is -0.328 e. The minimum atomic E-state index is -4.22. The van der Waals surface area contributed by atoms with Gasteiger partial charge in [0.05, 0.1) is 1.37 Å². The van der Waals surface area contributed by atoms with Crippen LogP contribution in [0.15, 0.2) is 0 Å². The van der Waals surface area contributed by atoms with Gasteiger partial charge in [0.25, 0.3) is 0 Å². The summed E-state index contributed by atoms with van der Waals surface area (Å²) in [5.41, 5.74) is 5.06. The van der Waals surface area contributed by atoms with Crippen molar-refractivity contribution < 1.29 is 18.1 Å². The quantitative estimate of drug-likeness (QED) is 0.520. The smallest absolute Gasteiger partial charge is 0.102 e.